The van der Waals surface area contributed by atoms with E-state index in [-0.39, 0.29) is 38.8 Å². The van der Waals surface area contributed by atoms with Crippen LogP contribution in [0.3, 0.4) is 0 Å². The molecular weight excluding hydrogens is 258 g/mol. The molecular formula is HLiOVW. The molecule has 0 atom stereocenters. The van der Waals surface area contributed by atoms with E-state index in [0.29, 0.717) is 19.8 Å². The van der Waals surface area contributed by atoms with Crippen molar-refractivity contribution >= 4 is 0 Å². The van der Waals surface area contributed by atoms with Crippen LogP contribution >= 0.6 is 0 Å². The van der Waals surface area contributed by atoms with Crippen LogP contribution in [0.2, 0.25) is 0 Å². The van der Waals surface area contributed by atoms with Gasteiger partial charge in [0, 0.05) is 18.6 Å². The first-order valence-corrected chi connectivity index (χ1v) is 1.36. The topological polar surface area (TPSA) is 17.1 Å². The molecule has 0 heterocycles. The number of hydrogen-bond acceptors (Lipinski definition) is 1. The van der Waals surface area contributed by atoms with Gasteiger partial charge in [-0.2, -0.15) is 0 Å². The van der Waals surface area contributed by atoms with Crippen molar-refractivity contribution in [2.45, 2.75) is 0 Å². The Morgan fingerprint density at radius 2 is 1.50 bits per heavy atom. The van der Waals surface area contributed by atoms with Crippen molar-refractivity contribution < 1.29 is 62.0 Å². The molecule has 0 saturated carbocycles. The van der Waals surface area contributed by atoms with Crippen LogP contribution < -0.4 is 18.9 Å². The van der Waals surface area contributed by atoms with Crippen LogP contribution in [0.25, 0.3) is 0 Å². The molecule has 0 fully saturated rings. The van der Waals surface area contributed by atoms with E-state index in [1.807, 2.05) is 0 Å². The van der Waals surface area contributed by atoms with Gasteiger partial charge in [-0.15, -0.1) is 0 Å². The van der Waals surface area contributed by atoms with Crippen molar-refractivity contribution in [3.05, 3.63) is 0 Å². The maximum Gasteiger partial charge on any atom is 0 e. The molecule has 0 aromatic rings. The third-order valence-electron chi connectivity index (χ3n) is 0. The summed E-state index contributed by atoms with van der Waals surface area (Å²) < 4.78 is 8.33. The third kappa shape index (κ3) is 9.38. The molecule has 4 heavy (non-hydrogen) atoms. The Morgan fingerprint density at radius 1 is 1.50 bits per heavy atom. The Labute approximate surface area is 61.7 Å². The summed E-state index contributed by atoms with van der Waals surface area (Å²) in [6.45, 7) is 0. The van der Waals surface area contributed by atoms with Crippen molar-refractivity contribution in [1.82, 2.24) is 0 Å². The summed E-state index contributed by atoms with van der Waals surface area (Å²) in [5.41, 5.74) is 0. The Balaban J connectivity index is -0.00000000167. The van der Waals surface area contributed by atoms with E-state index >= 15 is 0 Å². The van der Waals surface area contributed by atoms with Crippen molar-refractivity contribution in [1.29, 1.82) is 0 Å². The second kappa shape index (κ2) is 22.6. The summed E-state index contributed by atoms with van der Waals surface area (Å²) in [4.78, 5) is 0. The van der Waals surface area contributed by atoms with E-state index in [1.165, 1.54) is 0 Å². The van der Waals surface area contributed by atoms with Gasteiger partial charge in [-0.25, -0.2) is 0 Å². The standard InChI is InChI=1S/Li.O.V.W.H/q+1;;;;-1. The molecule has 0 aromatic carbocycles. The number of rotatable bonds is 0. The maximum atomic E-state index is 8.33. The zero-order valence-electron chi connectivity index (χ0n) is 3.26. The van der Waals surface area contributed by atoms with Crippen LogP contribution in [0, 0.1) is 0 Å². The minimum Gasteiger partial charge on any atom is 0 e. The summed E-state index contributed by atoms with van der Waals surface area (Å²) in [5.74, 6) is 0. The Morgan fingerprint density at radius 3 is 1.50 bits per heavy atom. The zero-order valence-corrected chi connectivity index (χ0v) is 6.59. The van der Waals surface area contributed by atoms with Crippen molar-refractivity contribution in [3.63, 3.8) is 0 Å². The molecule has 0 N–H and O–H groups in total. The van der Waals surface area contributed by atoms with Crippen molar-refractivity contribution in [2.75, 3.05) is 0 Å². The van der Waals surface area contributed by atoms with E-state index in [9.17, 15) is 0 Å². The first-order chi connectivity index (χ1) is 1.00. The Hall–Kier alpha value is 1.67. The Kier molecular flexibility index (Phi) is 97.8. The van der Waals surface area contributed by atoms with Crippen LogP contribution in [0.1, 0.15) is 1.43 Å². The second-order valence-electron chi connectivity index (χ2n) is 0. The Bertz CT molecular complexity index is 11.6. The van der Waals surface area contributed by atoms with E-state index < -0.39 is 0 Å². The zero-order chi connectivity index (χ0) is 2.00. The average molecular weight is 259 g/mol. The van der Waals surface area contributed by atoms with Crippen LogP contribution in [-0.4, -0.2) is 0 Å². The smallest absolute Gasteiger partial charge is 0 e. The minimum atomic E-state index is 0. The second-order valence-corrected chi connectivity index (χ2v) is 0. The summed E-state index contributed by atoms with van der Waals surface area (Å²) in [5, 5.41) is 0. The quantitative estimate of drug-likeness (QED) is 0.423. The van der Waals surface area contributed by atoms with E-state index in [0.717, 1.165) is 0 Å². The first kappa shape index (κ1) is 17.3. The fourth-order valence-electron chi connectivity index (χ4n) is 0. The fourth-order valence-corrected chi connectivity index (χ4v) is 0. The fraction of sp³-hybridized carbons (Fsp3) is 0. The summed E-state index contributed by atoms with van der Waals surface area (Å²) in [6.07, 6.45) is 0. The van der Waals surface area contributed by atoms with E-state index in [2.05, 4.69) is 0 Å². The monoisotopic (exact) mass is 259 g/mol. The van der Waals surface area contributed by atoms with E-state index in [1.54, 1.807) is 0 Å². The van der Waals surface area contributed by atoms with Gasteiger partial charge in [0.1, 0.15) is 0 Å². The molecule has 0 aliphatic heterocycles. The maximum absolute atomic E-state index is 8.33. The molecule has 1 nitrogen and oxygen atoms in total. The van der Waals surface area contributed by atoms with Gasteiger partial charge in [-0.3, -0.25) is 0 Å². The van der Waals surface area contributed by atoms with Gasteiger partial charge in [0.25, 0.3) is 0 Å². The van der Waals surface area contributed by atoms with Gasteiger partial charge in [-0.1, -0.05) is 0 Å². The van der Waals surface area contributed by atoms with Crippen LogP contribution in [0.15, 0.2) is 0 Å². The van der Waals surface area contributed by atoms with Gasteiger partial charge < -0.3 is 1.43 Å². The largest absolute Gasteiger partial charge is 0 e. The van der Waals surface area contributed by atoms with Crippen molar-refractivity contribution in [2.24, 2.45) is 0 Å². The molecule has 4 heteroatoms. The summed E-state index contributed by atoms with van der Waals surface area (Å²) in [7, 11) is 0. The van der Waals surface area contributed by atoms with Gasteiger partial charge in [0.2, 0.25) is 0 Å². The molecule has 0 aliphatic carbocycles. The molecule has 0 aromatic heterocycles. The molecule has 0 amide bonds. The van der Waals surface area contributed by atoms with Crippen LogP contribution in [0.4, 0.5) is 0 Å². The SMILES string of the molecule is [H-].[Li+].[O]=[W].[V]. The van der Waals surface area contributed by atoms with Crippen LogP contribution in [-0.2, 0) is 41.7 Å². The van der Waals surface area contributed by atoms with Gasteiger partial charge >= 0.3 is 42.0 Å². The molecule has 0 spiro atoms. The minimum absolute atomic E-state index is 0. The molecule has 0 saturated heterocycles. The predicted molar refractivity (Wildman–Crippen MR) is 1.80 cm³/mol. The summed E-state index contributed by atoms with van der Waals surface area (Å²) in [6, 6.07) is 0. The normalized spacial score (nSPS) is 1.00. The van der Waals surface area contributed by atoms with Crippen LogP contribution in [0.5, 0.6) is 0 Å². The molecule has 0 aliphatic rings. The van der Waals surface area contributed by atoms with Gasteiger partial charge in [0.05, 0.1) is 0 Å². The van der Waals surface area contributed by atoms with Gasteiger partial charge in [0.15, 0.2) is 0 Å². The van der Waals surface area contributed by atoms with Gasteiger partial charge in [-0.05, 0) is 0 Å². The number of hydrogen-bond donors (Lipinski definition) is 0. The van der Waals surface area contributed by atoms with E-state index in [4.69, 9.17) is 3.40 Å². The molecule has 0 unspecified atom stereocenters. The first-order valence-electron chi connectivity index (χ1n) is 0.167. The third-order valence-corrected chi connectivity index (χ3v) is 0. The average Bonchev–Trinajstić information content (AvgIpc) is 1.00. The molecule has 19 valence electrons. The molecule has 1 radical (unpaired) electrons. The molecule has 0 rings (SSSR count). The predicted octanol–water partition coefficient (Wildman–Crippen LogP) is -3.01. The van der Waals surface area contributed by atoms with Crippen molar-refractivity contribution in [3.8, 4) is 0 Å². The summed E-state index contributed by atoms with van der Waals surface area (Å²) >= 11 is 0.333. The molecule has 0 bridgehead atoms.